The minimum Gasteiger partial charge on any atom is -0.390 e. The molecule has 8 unspecified atom stereocenters. The van der Waals surface area contributed by atoms with Crippen LogP contribution in [0.4, 0.5) is 4.39 Å². The van der Waals surface area contributed by atoms with Crippen LogP contribution in [-0.4, -0.2) is 40.2 Å². The maximum absolute atomic E-state index is 16.9. The molecule has 4 aliphatic rings. The van der Waals surface area contributed by atoms with Crippen molar-refractivity contribution in [1.29, 1.82) is 0 Å². The molecule has 0 aromatic carbocycles. The first-order valence-electron chi connectivity index (χ1n) is 10.4. The standard InChI is InChI=1S/C23H31FO4/c1-13-9-17-16-6-5-14-10-15(26)7-8-20(14,2)23(16,24)18(27)11-21(17,3)22(13,4)19(28)12-25/h7-8,10,13,16-18,25,27H,5-6,9,11-12H2,1-4H3. The molecule has 4 aliphatic carbocycles. The molecule has 28 heavy (non-hydrogen) atoms. The zero-order valence-electron chi connectivity index (χ0n) is 17.2. The summed E-state index contributed by atoms with van der Waals surface area (Å²) < 4.78 is 16.9. The third kappa shape index (κ3) is 2.02. The lowest BCUT2D eigenvalue weighted by molar-refractivity contribution is -0.205. The minimum absolute atomic E-state index is 0.00456. The normalized spacial score (nSPS) is 52.5. The van der Waals surface area contributed by atoms with Crippen LogP contribution in [0.25, 0.3) is 0 Å². The Balaban J connectivity index is 1.84. The fourth-order valence-corrected chi connectivity index (χ4v) is 7.53. The van der Waals surface area contributed by atoms with Gasteiger partial charge in [-0.25, -0.2) is 4.39 Å². The summed E-state index contributed by atoms with van der Waals surface area (Å²) in [6.07, 6.45) is 5.45. The predicted octanol–water partition coefficient (Wildman–Crippen LogP) is 3.17. The van der Waals surface area contributed by atoms with E-state index in [1.165, 1.54) is 12.2 Å². The number of rotatable bonds is 2. The van der Waals surface area contributed by atoms with Crippen molar-refractivity contribution in [3.05, 3.63) is 23.8 Å². The fraction of sp³-hybridized carbons (Fsp3) is 0.739. The summed E-state index contributed by atoms with van der Waals surface area (Å²) in [5.41, 5.74) is -3.47. The van der Waals surface area contributed by atoms with Crippen molar-refractivity contribution >= 4 is 11.6 Å². The molecule has 8 atom stereocenters. The van der Waals surface area contributed by atoms with E-state index in [0.717, 1.165) is 5.57 Å². The first kappa shape index (κ1) is 20.0. The SMILES string of the molecule is CC1CC2C3CCC4=CC(=O)C=CC4(C)C3(F)C(O)CC2(C)C1(C)C(=O)CO. The highest BCUT2D eigenvalue weighted by molar-refractivity contribution is 6.01. The van der Waals surface area contributed by atoms with E-state index in [0.29, 0.717) is 19.3 Å². The third-order valence-electron chi connectivity index (χ3n) is 9.53. The Hall–Kier alpha value is -1.33. The number of alkyl halides is 1. The first-order chi connectivity index (χ1) is 13.0. The summed E-state index contributed by atoms with van der Waals surface area (Å²) in [6, 6.07) is 0. The first-order valence-corrected chi connectivity index (χ1v) is 10.4. The molecule has 0 saturated heterocycles. The van der Waals surface area contributed by atoms with E-state index >= 15 is 4.39 Å². The van der Waals surface area contributed by atoms with E-state index in [2.05, 4.69) is 0 Å². The Morgan fingerprint density at radius 1 is 1.29 bits per heavy atom. The number of carbonyl (C=O) groups is 2. The highest BCUT2D eigenvalue weighted by atomic mass is 19.1. The molecule has 154 valence electrons. The molecule has 2 N–H and O–H groups in total. The second kappa shape index (κ2) is 5.85. The van der Waals surface area contributed by atoms with Gasteiger partial charge >= 0.3 is 0 Å². The maximum atomic E-state index is 16.9. The second-order valence-electron chi connectivity index (χ2n) is 10.2. The Morgan fingerprint density at radius 2 is 1.96 bits per heavy atom. The Labute approximate surface area is 165 Å². The van der Waals surface area contributed by atoms with Gasteiger partial charge in [0.25, 0.3) is 0 Å². The molecule has 0 aliphatic heterocycles. The number of ketones is 2. The van der Waals surface area contributed by atoms with Gasteiger partial charge in [-0.1, -0.05) is 32.4 Å². The van der Waals surface area contributed by atoms with E-state index < -0.39 is 40.5 Å². The van der Waals surface area contributed by atoms with Gasteiger partial charge in [-0.2, -0.15) is 0 Å². The molecule has 0 heterocycles. The van der Waals surface area contributed by atoms with E-state index in [9.17, 15) is 19.8 Å². The maximum Gasteiger partial charge on any atom is 0.178 e. The summed E-state index contributed by atoms with van der Waals surface area (Å²) in [4.78, 5) is 24.7. The van der Waals surface area contributed by atoms with Gasteiger partial charge in [-0.05, 0) is 62.0 Å². The van der Waals surface area contributed by atoms with Gasteiger partial charge < -0.3 is 10.2 Å². The van der Waals surface area contributed by atoms with Crippen molar-refractivity contribution in [2.75, 3.05) is 6.61 Å². The van der Waals surface area contributed by atoms with Gasteiger partial charge in [-0.15, -0.1) is 0 Å². The van der Waals surface area contributed by atoms with Crippen molar-refractivity contribution < 1.29 is 24.2 Å². The van der Waals surface area contributed by atoms with Crippen molar-refractivity contribution in [1.82, 2.24) is 0 Å². The highest BCUT2D eigenvalue weighted by Gasteiger charge is 2.74. The van der Waals surface area contributed by atoms with Crippen LogP contribution in [0.1, 0.15) is 53.4 Å². The topological polar surface area (TPSA) is 74.6 Å². The summed E-state index contributed by atoms with van der Waals surface area (Å²) in [5.74, 6) is -0.780. The van der Waals surface area contributed by atoms with E-state index in [-0.39, 0.29) is 29.8 Å². The Bertz CT molecular complexity index is 802. The molecule has 0 amide bonds. The summed E-state index contributed by atoms with van der Waals surface area (Å²) in [5, 5.41) is 20.8. The number of allylic oxidation sites excluding steroid dienone is 4. The molecule has 0 spiro atoms. The number of fused-ring (bicyclic) bond motifs is 5. The lowest BCUT2D eigenvalue weighted by atomic mass is 9.43. The number of hydrogen-bond donors (Lipinski definition) is 2. The number of Topliss-reactive ketones (excluding diaryl/α,β-unsaturated/α-hetero) is 1. The summed E-state index contributed by atoms with van der Waals surface area (Å²) in [6.45, 7) is 7.18. The average Bonchev–Trinajstić information content (AvgIpc) is 2.84. The molecule has 0 aromatic rings. The van der Waals surface area contributed by atoms with Gasteiger partial charge in [0.2, 0.25) is 0 Å². The molecule has 4 nitrogen and oxygen atoms in total. The largest absolute Gasteiger partial charge is 0.390 e. The molecular formula is C23H31FO4. The summed E-state index contributed by atoms with van der Waals surface area (Å²) in [7, 11) is 0. The molecule has 0 aromatic heterocycles. The van der Waals surface area contributed by atoms with Crippen LogP contribution in [0.15, 0.2) is 23.8 Å². The summed E-state index contributed by atoms with van der Waals surface area (Å²) >= 11 is 0. The smallest absolute Gasteiger partial charge is 0.178 e. The monoisotopic (exact) mass is 390 g/mol. The van der Waals surface area contributed by atoms with Crippen molar-refractivity contribution in [3.8, 4) is 0 Å². The van der Waals surface area contributed by atoms with Crippen molar-refractivity contribution in [2.45, 2.75) is 65.2 Å². The fourth-order valence-electron chi connectivity index (χ4n) is 7.53. The van der Waals surface area contributed by atoms with E-state index in [1.54, 1.807) is 13.0 Å². The molecule has 3 saturated carbocycles. The minimum atomic E-state index is -1.87. The highest BCUT2D eigenvalue weighted by Crippen LogP contribution is 2.72. The third-order valence-corrected chi connectivity index (χ3v) is 9.53. The van der Waals surface area contributed by atoms with Gasteiger partial charge in [0, 0.05) is 16.7 Å². The predicted molar refractivity (Wildman–Crippen MR) is 103 cm³/mol. The van der Waals surface area contributed by atoms with E-state index in [4.69, 9.17) is 0 Å². The van der Waals surface area contributed by atoms with Crippen molar-refractivity contribution in [3.63, 3.8) is 0 Å². The van der Waals surface area contributed by atoms with Crippen LogP contribution in [0.3, 0.4) is 0 Å². The molecule has 0 bridgehead atoms. The van der Waals surface area contributed by atoms with Gasteiger partial charge in [-0.3, -0.25) is 9.59 Å². The Morgan fingerprint density at radius 3 is 2.61 bits per heavy atom. The zero-order valence-corrected chi connectivity index (χ0v) is 17.2. The number of halogens is 1. The zero-order chi connectivity index (χ0) is 20.7. The lowest BCUT2D eigenvalue weighted by Gasteiger charge is -2.63. The van der Waals surface area contributed by atoms with Gasteiger partial charge in [0.1, 0.15) is 6.61 Å². The molecule has 4 rings (SSSR count). The molecule has 5 heteroatoms. The quantitative estimate of drug-likeness (QED) is 0.759. The Kier molecular flexibility index (Phi) is 4.17. The van der Waals surface area contributed by atoms with Gasteiger partial charge in [0.15, 0.2) is 17.2 Å². The second-order valence-corrected chi connectivity index (χ2v) is 10.2. The average molecular weight is 390 g/mol. The van der Waals surface area contributed by atoms with Crippen molar-refractivity contribution in [2.24, 2.45) is 34.0 Å². The van der Waals surface area contributed by atoms with Crippen LogP contribution in [0, 0.1) is 34.0 Å². The number of carbonyl (C=O) groups excluding carboxylic acids is 2. The number of hydrogen-bond acceptors (Lipinski definition) is 4. The van der Waals surface area contributed by atoms with Crippen LogP contribution >= 0.6 is 0 Å². The van der Waals surface area contributed by atoms with Crippen LogP contribution in [-0.2, 0) is 9.59 Å². The van der Waals surface area contributed by atoms with Crippen LogP contribution in [0.2, 0.25) is 0 Å². The molecule has 3 fully saturated rings. The molecular weight excluding hydrogens is 359 g/mol. The van der Waals surface area contributed by atoms with E-state index in [1.807, 2.05) is 20.8 Å². The van der Waals surface area contributed by atoms with Crippen LogP contribution in [0.5, 0.6) is 0 Å². The van der Waals surface area contributed by atoms with Gasteiger partial charge in [0.05, 0.1) is 6.10 Å². The lowest BCUT2D eigenvalue weighted by Crippen LogP contribution is -2.67. The molecule has 0 radical (unpaired) electrons. The number of aliphatic hydroxyl groups excluding tert-OH is 2. The van der Waals surface area contributed by atoms with Crippen LogP contribution < -0.4 is 0 Å². The number of aliphatic hydroxyl groups is 2.